The van der Waals surface area contributed by atoms with E-state index in [1.807, 2.05) is 18.2 Å². The van der Waals surface area contributed by atoms with Gasteiger partial charge in [-0.1, -0.05) is 26.0 Å². The summed E-state index contributed by atoms with van der Waals surface area (Å²) in [6.45, 7) is 4.13. The number of sulfonamides is 1. The lowest BCUT2D eigenvalue weighted by atomic mass is 10.0. The van der Waals surface area contributed by atoms with Crippen molar-refractivity contribution in [2.75, 3.05) is 10.5 Å². The Labute approximate surface area is 119 Å². The summed E-state index contributed by atoms with van der Waals surface area (Å²) >= 11 is 0. The Hall–Kier alpha value is -2.01. The smallest absolute Gasteiger partial charge is 0.261 e. The molecule has 2 aromatic carbocycles. The van der Waals surface area contributed by atoms with Crippen molar-refractivity contribution >= 4 is 21.4 Å². The Bertz CT molecular complexity index is 692. The van der Waals surface area contributed by atoms with E-state index in [4.69, 9.17) is 5.73 Å². The number of nitrogen functional groups attached to an aromatic ring is 1. The highest BCUT2D eigenvalue weighted by Crippen LogP contribution is 2.21. The van der Waals surface area contributed by atoms with Crippen LogP contribution >= 0.6 is 0 Å². The Kier molecular flexibility index (Phi) is 3.99. The fourth-order valence-corrected chi connectivity index (χ4v) is 2.87. The minimum absolute atomic E-state index is 0.196. The molecule has 4 nitrogen and oxygen atoms in total. The van der Waals surface area contributed by atoms with Crippen LogP contribution in [0.1, 0.15) is 25.3 Å². The van der Waals surface area contributed by atoms with Gasteiger partial charge in [-0.2, -0.15) is 0 Å². The molecule has 2 rings (SSSR count). The van der Waals surface area contributed by atoms with Crippen molar-refractivity contribution in [2.24, 2.45) is 0 Å². The number of anilines is 2. The van der Waals surface area contributed by atoms with E-state index in [1.54, 1.807) is 18.2 Å². The molecule has 0 radical (unpaired) electrons. The van der Waals surface area contributed by atoms with Gasteiger partial charge in [0.1, 0.15) is 0 Å². The lowest BCUT2D eigenvalue weighted by molar-refractivity contribution is 0.601. The van der Waals surface area contributed by atoms with E-state index >= 15 is 0 Å². The van der Waals surface area contributed by atoms with Crippen molar-refractivity contribution in [2.45, 2.75) is 24.7 Å². The van der Waals surface area contributed by atoms with E-state index in [0.29, 0.717) is 17.3 Å². The third-order valence-electron chi connectivity index (χ3n) is 3.00. The van der Waals surface area contributed by atoms with Gasteiger partial charge in [0.15, 0.2) is 0 Å². The second-order valence-electron chi connectivity index (χ2n) is 4.95. The van der Waals surface area contributed by atoms with Crippen LogP contribution in [-0.2, 0) is 10.0 Å². The first-order chi connectivity index (χ1) is 9.38. The third kappa shape index (κ3) is 3.30. The molecule has 0 fully saturated rings. The summed E-state index contributed by atoms with van der Waals surface area (Å²) in [4.78, 5) is 0.196. The SMILES string of the molecule is CC(C)c1cccc(NS(=O)(=O)c2ccc(N)cc2)c1. The maximum Gasteiger partial charge on any atom is 0.261 e. The Morgan fingerprint density at radius 3 is 2.30 bits per heavy atom. The molecule has 0 saturated heterocycles. The average molecular weight is 290 g/mol. The Morgan fingerprint density at radius 2 is 1.70 bits per heavy atom. The van der Waals surface area contributed by atoms with Crippen LogP contribution in [0.25, 0.3) is 0 Å². The van der Waals surface area contributed by atoms with Gasteiger partial charge < -0.3 is 5.73 Å². The van der Waals surface area contributed by atoms with Crippen LogP contribution < -0.4 is 10.5 Å². The zero-order valence-corrected chi connectivity index (χ0v) is 12.3. The van der Waals surface area contributed by atoms with Crippen molar-refractivity contribution in [3.63, 3.8) is 0 Å². The molecule has 0 amide bonds. The first-order valence-electron chi connectivity index (χ1n) is 6.37. The van der Waals surface area contributed by atoms with Gasteiger partial charge >= 0.3 is 0 Å². The number of hydrogen-bond donors (Lipinski definition) is 2. The third-order valence-corrected chi connectivity index (χ3v) is 4.39. The van der Waals surface area contributed by atoms with Crippen LogP contribution in [0.4, 0.5) is 11.4 Å². The van der Waals surface area contributed by atoms with Crippen LogP contribution in [0.5, 0.6) is 0 Å². The summed E-state index contributed by atoms with van der Waals surface area (Å²) in [7, 11) is -3.58. The molecule has 20 heavy (non-hydrogen) atoms. The van der Waals surface area contributed by atoms with E-state index < -0.39 is 10.0 Å². The standard InChI is InChI=1S/C15H18N2O2S/c1-11(2)12-4-3-5-14(10-12)17-20(18,19)15-8-6-13(16)7-9-15/h3-11,17H,16H2,1-2H3. The molecule has 0 aliphatic rings. The summed E-state index contributed by atoms with van der Waals surface area (Å²) in [5.41, 5.74) is 7.74. The molecule has 0 aliphatic heterocycles. The fraction of sp³-hybridized carbons (Fsp3) is 0.200. The average Bonchev–Trinajstić information content (AvgIpc) is 2.39. The van der Waals surface area contributed by atoms with E-state index in [9.17, 15) is 8.42 Å². The summed E-state index contributed by atoms with van der Waals surface area (Å²) in [6.07, 6.45) is 0. The molecule has 0 saturated carbocycles. The maximum absolute atomic E-state index is 12.2. The zero-order chi connectivity index (χ0) is 14.8. The zero-order valence-electron chi connectivity index (χ0n) is 11.5. The number of benzene rings is 2. The number of nitrogens with two attached hydrogens (primary N) is 1. The molecule has 0 aliphatic carbocycles. The monoisotopic (exact) mass is 290 g/mol. The van der Waals surface area contributed by atoms with Gasteiger partial charge in [-0.25, -0.2) is 8.42 Å². The van der Waals surface area contributed by atoms with Gasteiger partial charge in [0.2, 0.25) is 0 Å². The largest absolute Gasteiger partial charge is 0.399 e. The molecule has 106 valence electrons. The van der Waals surface area contributed by atoms with Crippen molar-refractivity contribution in [3.05, 3.63) is 54.1 Å². The number of hydrogen-bond acceptors (Lipinski definition) is 3. The quantitative estimate of drug-likeness (QED) is 0.849. The summed E-state index contributed by atoms with van der Waals surface area (Å²) in [5, 5.41) is 0. The minimum Gasteiger partial charge on any atom is -0.399 e. The van der Waals surface area contributed by atoms with E-state index in [2.05, 4.69) is 18.6 Å². The van der Waals surface area contributed by atoms with Crippen LogP contribution in [0, 0.1) is 0 Å². The lowest BCUT2D eigenvalue weighted by Crippen LogP contribution is -2.13. The molecule has 2 aromatic rings. The van der Waals surface area contributed by atoms with E-state index in [1.165, 1.54) is 12.1 Å². The highest BCUT2D eigenvalue weighted by Gasteiger charge is 2.14. The highest BCUT2D eigenvalue weighted by atomic mass is 32.2. The van der Waals surface area contributed by atoms with Gasteiger partial charge in [-0.05, 0) is 47.9 Å². The molecular weight excluding hydrogens is 272 g/mol. The molecule has 0 bridgehead atoms. The fourth-order valence-electron chi connectivity index (χ4n) is 1.82. The summed E-state index contributed by atoms with van der Waals surface area (Å²) in [6, 6.07) is 13.5. The van der Waals surface area contributed by atoms with Crippen molar-refractivity contribution < 1.29 is 8.42 Å². The van der Waals surface area contributed by atoms with Gasteiger partial charge in [0.05, 0.1) is 4.90 Å². The normalized spacial score (nSPS) is 11.6. The molecule has 0 atom stereocenters. The summed E-state index contributed by atoms with van der Waals surface area (Å²) in [5.74, 6) is 0.343. The Morgan fingerprint density at radius 1 is 1.05 bits per heavy atom. The number of rotatable bonds is 4. The van der Waals surface area contributed by atoms with Crippen molar-refractivity contribution in [3.8, 4) is 0 Å². The van der Waals surface area contributed by atoms with Crippen molar-refractivity contribution in [1.82, 2.24) is 0 Å². The predicted octanol–water partition coefficient (Wildman–Crippen LogP) is 3.19. The van der Waals surface area contributed by atoms with Crippen LogP contribution in [0.15, 0.2) is 53.4 Å². The predicted molar refractivity (Wildman–Crippen MR) is 82.2 cm³/mol. The first-order valence-corrected chi connectivity index (χ1v) is 7.85. The first kappa shape index (κ1) is 14.4. The van der Waals surface area contributed by atoms with Gasteiger partial charge in [0.25, 0.3) is 10.0 Å². The van der Waals surface area contributed by atoms with Crippen LogP contribution in [0.2, 0.25) is 0 Å². The van der Waals surface area contributed by atoms with Crippen LogP contribution in [-0.4, -0.2) is 8.42 Å². The molecule has 0 spiro atoms. The maximum atomic E-state index is 12.2. The number of nitrogens with one attached hydrogen (secondary N) is 1. The Balaban J connectivity index is 2.28. The second-order valence-corrected chi connectivity index (χ2v) is 6.64. The van der Waals surface area contributed by atoms with E-state index in [0.717, 1.165) is 5.56 Å². The molecule has 0 aromatic heterocycles. The molecule has 3 N–H and O–H groups in total. The summed E-state index contributed by atoms with van der Waals surface area (Å²) < 4.78 is 27.1. The van der Waals surface area contributed by atoms with Crippen molar-refractivity contribution in [1.29, 1.82) is 0 Å². The second kappa shape index (κ2) is 5.54. The lowest BCUT2D eigenvalue weighted by Gasteiger charge is -2.11. The topological polar surface area (TPSA) is 72.2 Å². The minimum atomic E-state index is -3.58. The van der Waals surface area contributed by atoms with Crippen LogP contribution in [0.3, 0.4) is 0 Å². The highest BCUT2D eigenvalue weighted by molar-refractivity contribution is 7.92. The van der Waals surface area contributed by atoms with Gasteiger partial charge in [-0.15, -0.1) is 0 Å². The van der Waals surface area contributed by atoms with Gasteiger partial charge in [0, 0.05) is 11.4 Å². The molecule has 0 unspecified atom stereocenters. The molecule has 5 heteroatoms. The van der Waals surface area contributed by atoms with Gasteiger partial charge in [-0.3, -0.25) is 4.72 Å². The molecule has 0 heterocycles. The molecular formula is C15H18N2O2S. The van der Waals surface area contributed by atoms with E-state index in [-0.39, 0.29) is 4.90 Å².